The first-order valence-electron chi connectivity index (χ1n) is 4.55. The summed E-state index contributed by atoms with van der Waals surface area (Å²) in [6.45, 7) is 2.96. The van der Waals surface area contributed by atoms with E-state index in [1.54, 1.807) is 12.3 Å². The maximum atomic E-state index is 8.89. The number of aromatic nitrogens is 1. The Balaban J connectivity index is 3.03. The first-order valence-corrected chi connectivity index (χ1v) is 4.55. The summed E-state index contributed by atoms with van der Waals surface area (Å²) in [7, 11) is 1.92. The van der Waals surface area contributed by atoms with Gasteiger partial charge in [-0.15, -0.1) is 0 Å². The number of hydrogen-bond acceptors (Lipinski definition) is 4. The van der Waals surface area contributed by atoms with Gasteiger partial charge in [0.15, 0.2) is 0 Å². The zero-order valence-electron chi connectivity index (χ0n) is 8.49. The fourth-order valence-electron chi connectivity index (χ4n) is 1.30. The second kappa shape index (κ2) is 4.47. The molecule has 0 spiro atoms. The Labute approximate surface area is 84.0 Å². The monoisotopic (exact) mass is 190 g/mol. The average Bonchev–Trinajstić information content (AvgIpc) is 2.17. The van der Waals surface area contributed by atoms with Crippen LogP contribution < -0.4 is 10.6 Å². The lowest BCUT2D eigenvalue weighted by Crippen LogP contribution is -2.20. The van der Waals surface area contributed by atoms with E-state index < -0.39 is 0 Å². The van der Waals surface area contributed by atoms with Gasteiger partial charge in [-0.05, 0) is 12.5 Å². The number of nitrogens with zero attached hydrogens (tertiary/aromatic N) is 3. The maximum Gasteiger partial charge on any atom is 0.146 e. The van der Waals surface area contributed by atoms with Gasteiger partial charge in [-0.3, -0.25) is 0 Å². The van der Waals surface area contributed by atoms with E-state index in [4.69, 9.17) is 11.0 Å². The molecule has 0 atom stereocenters. The highest BCUT2D eigenvalue weighted by Gasteiger charge is 2.07. The van der Waals surface area contributed by atoms with E-state index >= 15 is 0 Å². The Morgan fingerprint density at radius 1 is 1.64 bits per heavy atom. The van der Waals surface area contributed by atoms with Gasteiger partial charge in [-0.2, -0.15) is 5.26 Å². The lowest BCUT2D eigenvalue weighted by Gasteiger charge is -2.18. The number of nitrogen functional groups attached to an aromatic ring is 1. The molecule has 0 fully saturated rings. The van der Waals surface area contributed by atoms with Crippen LogP contribution in [0.15, 0.2) is 12.3 Å². The van der Waals surface area contributed by atoms with Gasteiger partial charge in [0.05, 0.1) is 17.4 Å². The second-order valence-corrected chi connectivity index (χ2v) is 3.17. The zero-order chi connectivity index (χ0) is 10.6. The smallest absolute Gasteiger partial charge is 0.146 e. The first-order chi connectivity index (χ1) is 6.69. The molecule has 2 N–H and O–H groups in total. The Morgan fingerprint density at radius 3 is 2.93 bits per heavy atom. The van der Waals surface area contributed by atoms with Gasteiger partial charge in [0.1, 0.15) is 11.9 Å². The minimum Gasteiger partial charge on any atom is -0.397 e. The van der Waals surface area contributed by atoms with Gasteiger partial charge < -0.3 is 10.6 Å². The molecular formula is C10H14N4. The minimum absolute atomic E-state index is 0.523. The molecular weight excluding hydrogens is 176 g/mol. The fraction of sp³-hybridized carbons (Fsp3) is 0.400. The normalized spacial score (nSPS) is 9.50. The SMILES string of the molecule is CCCN(C)c1ncc(N)cc1C#N. The molecule has 0 amide bonds. The molecule has 74 valence electrons. The fourth-order valence-corrected chi connectivity index (χ4v) is 1.30. The van der Waals surface area contributed by atoms with Crippen LogP contribution in [-0.2, 0) is 0 Å². The van der Waals surface area contributed by atoms with Gasteiger partial charge >= 0.3 is 0 Å². The molecule has 0 unspecified atom stereocenters. The van der Waals surface area contributed by atoms with E-state index in [-0.39, 0.29) is 0 Å². The zero-order valence-corrected chi connectivity index (χ0v) is 8.49. The van der Waals surface area contributed by atoms with Crippen LogP contribution in [0.2, 0.25) is 0 Å². The van der Waals surface area contributed by atoms with Gasteiger partial charge in [0.2, 0.25) is 0 Å². The molecule has 1 heterocycles. The standard InChI is InChI=1S/C10H14N4/c1-3-4-14(2)10-8(6-11)5-9(12)7-13-10/h5,7H,3-4,12H2,1-2H3. The van der Waals surface area contributed by atoms with Crippen LogP contribution in [0.4, 0.5) is 11.5 Å². The maximum absolute atomic E-state index is 8.89. The van der Waals surface area contributed by atoms with Gasteiger partial charge in [0, 0.05) is 13.6 Å². The summed E-state index contributed by atoms with van der Waals surface area (Å²) < 4.78 is 0. The summed E-state index contributed by atoms with van der Waals surface area (Å²) in [5.41, 5.74) is 6.60. The summed E-state index contributed by atoms with van der Waals surface area (Å²) >= 11 is 0. The van der Waals surface area contributed by atoms with E-state index in [2.05, 4.69) is 18.0 Å². The van der Waals surface area contributed by atoms with Crippen molar-refractivity contribution in [2.24, 2.45) is 0 Å². The molecule has 1 aromatic rings. The molecule has 4 heteroatoms. The number of rotatable bonds is 3. The quantitative estimate of drug-likeness (QED) is 0.782. The van der Waals surface area contributed by atoms with Crippen LogP contribution in [-0.4, -0.2) is 18.6 Å². The van der Waals surface area contributed by atoms with Gasteiger partial charge in [-0.1, -0.05) is 6.92 Å². The summed E-state index contributed by atoms with van der Waals surface area (Å²) in [6.07, 6.45) is 2.59. The van der Waals surface area contributed by atoms with Crippen molar-refractivity contribution < 1.29 is 0 Å². The third-order valence-electron chi connectivity index (χ3n) is 1.93. The average molecular weight is 190 g/mol. The lowest BCUT2D eigenvalue weighted by atomic mass is 10.2. The molecule has 1 rings (SSSR count). The minimum atomic E-state index is 0.523. The van der Waals surface area contributed by atoms with Gasteiger partial charge in [0.25, 0.3) is 0 Å². The van der Waals surface area contributed by atoms with Crippen LogP contribution in [0.3, 0.4) is 0 Å². The predicted octanol–water partition coefficient (Wildman–Crippen LogP) is 1.38. The van der Waals surface area contributed by atoms with Crippen molar-refractivity contribution in [3.05, 3.63) is 17.8 Å². The van der Waals surface area contributed by atoms with E-state index in [1.165, 1.54) is 0 Å². The van der Waals surface area contributed by atoms with Crippen molar-refractivity contribution in [2.45, 2.75) is 13.3 Å². The van der Waals surface area contributed by atoms with Crippen molar-refractivity contribution in [2.75, 3.05) is 24.2 Å². The number of hydrogen-bond donors (Lipinski definition) is 1. The molecule has 0 aromatic carbocycles. The predicted molar refractivity (Wildman–Crippen MR) is 56.9 cm³/mol. The molecule has 0 aliphatic rings. The van der Waals surface area contributed by atoms with Crippen LogP contribution >= 0.6 is 0 Å². The Morgan fingerprint density at radius 2 is 2.36 bits per heavy atom. The lowest BCUT2D eigenvalue weighted by molar-refractivity contribution is 0.836. The van der Waals surface area contributed by atoms with E-state index in [1.807, 2.05) is 11.9 Å². The Hall–Kier alpha value is -1.76. The van der Waals surface area contributed by atoms with E-state index in [9.17, 15) is 0 Å². The molecule has 4 nitrogen and oxygen atoms in total. The van der Waals surface area contributed by atoms with Crippen molar-refractivity contribution in [1.82, 2.24) is 4.98 Å². The first kappa shape index (κ1) is 10.3. The molecule has 1 aromatic heterocycles. The highest BCUT2D eigenvalue weighted by molar-refractivity contribution is 5.58. The van der Waals surface area contributed by atoms with Crippen molar-refractivity contribution in [3.63, 3.8) is 0 Å². The van der Waals surface area contributed by atoms with Crippen LogP contribution in [0.25, 0.3) is 0 Å². The molecule has 14 heavy (non-hydrogen) atoms. The highest BCUT2D eigenvalue weighted by Crippen LogP contribution is 2.17. The third-order valence-corrected chi connectivity index (χ3v) is 1.93. The van der Waals surface area contributed by atoms with E-state index in [0.29, 0.717) is 17.1 Å². The molecule has 0 radical (unpaired) electrons. The molecule has 0 aliphatic heterocycles. The molecule has 0 saturated carbocycles. The topological polar surface area (TPSA) is 65.9 Å². The van der Waals surface area contributed by atoms with E-state index in [0.717, 1.165) is 13.0 Å². The summed E-state index contributed by atoms with van der Waals surface area (Å²) in [5.74, 6) is 0.698. The van der Waals surface area contributed by atoms with Crippen molar-refractivity contribution >= 4 is 11.5 Å². The van der Waals surface area contributed by atoms with Gasteiger partial charge in [-0.25, -0.2) is 4.98 Å². The Bertz CT molecular complexity index is 354. The molecule has 0 aliphatic carbocycles. The summed E-state index contributed by atoms with van der Waals surface area (Å²) in [4.78, 5) is 6.10. The molecule has 0 bridgehead atoms. The third kappa shape index (κ3) is 2.13. The summed E-state index contributed by atoms with van der Waals surface area (Å²) in [6, 6.07) is 3.74. The van der Waals surface area contributed by atoms with Crippen LogP contribution in [0, 0.1) is 11.3 Å². The molecule has 0 saturated heterocycles. The second-order valence-electron chi connectivity index (χ2n) is 3.17. The highest BCUT2D eigenvalue weighted by atomic mass is 15.2. The Kier molecular flexibility index (Phi) is 3.29. The summed E-state index contributed by atoms with van der Waals surface area (Å²) in [5, 5.41) is 8.89. The number of anilines is 2. The number of nitriles is 1. The van der Waals surface area contributed by atoms with Crippen molar-refractivity contribution in [3.8, 4) is 6.07 Å². The van der Waals surface area contributed by atoms with Crippen LogP contribution in [0.5, 0.6) is 0 Å². The number of nitrogens with two attached hydrogens (primary N) is 1. The number of pyridine rings is 1. The van der Waals surface area contributed by atoms with Crippen LogP contribution in [0.1, 0.15) is 18.9 Å². The largest absolute Gasteiger partial charge is 0.397 e. The van der Waals surface area contributed by atoms with Crippen molar-refractivity contribution in [1.29, 1.82) is 5.26 Å².